The Hall–Kier alpha value is -1.39. The Labute approximate surface area is 129 Å². The summed E-state index contributed by atoms with van der Waals surface area (Å²) in [5.74, 6) is -0.250. The third-order valence-electron chi connectivity index (χ3n) is 3.25. The van der Waals surface area contributed by atoms with Crippen molar-refractivity contribution in [3.63, 3.8) is 0 Å². The Morgan fingerprint density at radius 1 is 1.30 bits per heavy atom. The Balaban J connectivity index is 1.82. The minimum absolute atomic E-state index is 0.250. The normalized spacial score (nSPS) is 15.4. The maximum Gasteiger partial charge on any atom is 0.250 e. The van der Waals surface area contributed by atoms with Gasteiger partial charge < -0.3 is 5.32 Å². The highest BCUT2D eigenvalue weighted by Gasteiger charge is 2.15. The first-order chi connectivity index (χ1) is 9.65. The van der Waals surface area contributed by atoms with Crippen molar-refractivity contribution < 1.29 is 4.79 Å². The fourth-order valence-corrected chi connectivity index (χ4v) is 2.69. The van der Waals surface area contributed by atoms with Gasteiger partial charge in [0.2, 0.25) is 5.91 Å². The third kappa shape index (κ3) is 4.62. The van der Waals surface area contributed by atoms with Crippen molar-refractivity contribution in [1.29, 1.82) is 0 Å². The summed E-state index contributed by atoms with van der Waals surface area (Å²) in [5.41, 5.74) is 0.805. The summed E-state index contributed by atoms with van der Waals surface area (Å²) in [7, 11) is 0. The van der Waals surface area contributed by atoms with Crippen molar-refractivity contribution in [2.75, 3.05) is 0 Å². The van der Waals surface area contributed by atoms with Crippen molar-refractivity contribution in [1.82, 2.24) is 10.6 Å². The van der Waals surface area contributed by atoms with E-state index >= 15 is 0 Å². The molecule has 1 fully saturated rings. The van der Waals surface area contributed by atoms with E-state index in [1.807, 2.05) is 18.2 Å². The number of amides is 1. The largest absolute Gasteiger partial charge is 0.360 e. The van der Waals surface area contributed by atoms with Crippen LogP contribution in [0.5, 0.6) is 0 Å². The Bertz CT molecular complexity index is 524. The van der Waals surface area contributed by atoms with Crippen molar-refractivity contribution in [2.24, 2.45) is 0 Å². The molecule has 2 rings (SSSR count). The van der Waals surface area contributed by atoms with Gasteiger partial charge in [0.15, 0.2) is 5.11 Å². The molecule has 0 atom stereocenters. The van der Waals surface area contributed by atoms with E-state index in [1.165, 1.54) is 18.9 Å². The standard InChI is InChI=1S/C15H17ClN2OS/c16-13-8-4-1-5-11(13)9-10-14(19)18-15(20)17-12-6-2-3-7-12/h1,4-5,8-10,12H,2-3,6-7H2,(H2,17,18,19,20). The number of benzene rings is 1. The summed E-state index contributed by atoms with van der Waals surface area (Å²) in [5, 5.41) is 6.82. The lowest BCUT2D eigenvalue weighted by atomic mass is 10.2. The molecule has 1 aliphatic carbocycles. The molecule has 1 aromatic carbocycles. The number of nitrogens with one attached hydrogen (secondary N) is 2. The Morgan fingerprint density at radius 2 is 2.00 bits per heavy atom. The van der Waals surface area contributed by atoms with Crippen LogP contribution >= 0.6 is 23.8 Å². The van der Waals surface area contributed by atoms with E-state index in [9.17, 15) is 4.79 Å². The lowest BCUT2D eigenvalue weighted by Gasteiger charge is -2.13. The predicted molar refractivity (Wildman–Crippen MR) is 86.6 cm³/mol. The van der Waals surface area contributed by atoms with E-state index in [0.717, 1.165) is 18.4 Å². The number of carbonyl (C=O) groups is 1. The molecular formula is C15H17ClN2OS. The number of thiocarbonyl (C=S) groups is 1. The first-order valence-corrected chi connectivity index (χ1v) is 7.48. The zero-order valence-electron chi connectivity index (χ0n) is 11.1. The summed E-state index contributed by atoms with van der Waals surface area (Å²) in [4.78, 5) is 11.7. The molecule has 0 aliphatic heterocycles. The number of carbonyl (C=O) groups excluding carboxylic acids is 1. The van der Waals surface area contributed by atoms with Gasteiger partial charge in [-0.15, -0.1) is 0 Å². The maximum atomic E-state index is 11.7. The molecule has 106 valence electrons. The first kappa shape index (κ1) is 15.0. The van der Waals surface area contributed by atoms with Gasteiger partial charge >= 0.3 is 0 Å². The van der Waals surface area contributed by atoms with E-state index in [0.29, 0.717) is 16.2 Å². The molecule has 0 spiro atoms. The average Bonchev–Trinajstić information content (AvgIpc) is 2.90. The minimum Gasteiger partial charge on any atom is -0.360 e. The van der Waals surface area contributed by atoms with Crippen LogP contribution in [0.3, 0.4) is 0 Å². The van der Waals surface area contributed by atoms with Crippen LogP contribution in [-0.2, 0) is 4.79 Å². The zero-order valence-corrected chi connectivity index (χ0v) is 12.6. The summed E-state index contributed by atoms with van der Waals surface area (Å²) < 4.78 is 0. The van der Waals surface area contributed by atoms with Gasteiger partial charge in [-0.2, -0.15) is 0 Å². The van der Waals surface area contributed by atoms with Gasteiger partial charge in [0.25, 0.3) is 0 Å². The molecule has 2 N–H and O–H groups in total. The topological polar surface area (TPSA) is 41.1 Å². The van der Waals surface area contributed by atoms with Crippen LogP contribution in [0.2, 0.25) is 5.02 Å². The number of rotatable bonds is 3. The summed E-state index contributed by atoms with van der Waals surface area (Å²) in [6.07, 6.45) is 7.79. The van der Waals surface area contributed by atoms with E-state index < -0.39 is 0 Å². The predicted octanol–water partition coefficient (Wildman–Crippen LogP) is 3.29. The molecule has 5 heteroatoms. The first-order valence-electron chi connectivity index (χ1n) is 6.69. The van der Waals surface area contributed by atoms with Crippen molar-refractivity contribution in [3.05, 3.63) is 40.9 Å². The number of hydrogen-bond acceptors (Lipinski definition) is 2. The molecule has 3 nitrogen and oxygen atoms in total. The fraction of sp³-hybridized carbons (Fsp3) is 0.333. The molecule has 0 radical (unpaired) electrons. The molecule has 1 aliphatic rings. The van der Waals surface area contributed by atoms with Crippen molar-refractivity contribution in [2.45, 2.75) is 31.7 Å². The SMILES string of the molecule is O=C(C=Cc1ccccc1Cl)NC(=S)NC1CCCC1. The Kier molecular flexibility index (Phi) is 5.56. The number of hydrogen-bond donors (Lipinski definition) is 2. The molecule has 0 heterocycles. The molecule has 0 saturated heterocycles. The van der Waals surface area contributed by atoms with Crippen LogP contribution in [-0.4, -0.2) is 17.1 Å². The van der Waals surface area contributed by atoms with Crippen molar-refractivity contribution in [3.8, 4) is 0 Å². The van der Waals surface area contributed by atoms with Crippen LogP contribution in [0.25, 0.3) is 6.08 Å². The van der Waals surface area contributed by atoms with Gasteiger partial charge in [-0.1, -0.05) is 42.6 Å². The van der Waals surface area contributed by atoms with Gasteiger partial charge in [0.1, 0.15) is 0 Å². The van der Waals surface area contributed by atoms with E-state index in [2.05, 4.69) is 10.6 Å². The molecular weight excluding hydrogens is 292 g/mol. The highest BCUT2D eigenvalue weighted by Crippen LogP contribution is 2.17. The Morgan fingerprint density at radius 3 is 2.70 bits per heavy atom. The highest BCUT2D eigenvalue weighted by atomic mass is 35.5. The monoisotopic (exact) mass is 308 g/mol. The van der Waals surface area contributed by atoms with E-state index in [1.54, 1.807) is 12.1 Å². The van der Waals surface area contributed by atoms with Crippen LogP contribution in [0.15, 0.2) is 30.3 Å². The summed E-state index contributed by atoms with van der Waals surface area (Å²) >= 11 is 11.1. The van der Waals surface area contributed by atoms with Gasteiger partial charge in [-0.25, -0.2) is 0 Å². The second-order valence-electron chi connectivity index (χ2n) is 4.80. The van der Waals surface area contributed by atoms with Gasteiger partial charge in [0, 0.05) is 17.1 Å². The second-order valence-corrected chi connectivity index (χ2v) is 5.61. The molecule has 20 heavy (non-hydrogen) atoms. The number of halogens is 1. The van der Waals surface area contributed by atoms with Crippen molar-refractivity contribution >= 4 is 40.9 Å². The zero-order chi connectivity index (χ0) is 14.4. The molecule has 0 bridgehead atoms. The van der Waals surface area contributed by atoms with Gasteiger partial charge in [-0.3, -0.25) is 10.1 Å². The molecule has 0 aromatic heterocycles. The second kappa shape index (κ2) is 7.41. The molecule has 1 amide bonds. The maximum absolute atomic E-state index is 11.7. The molecule has 0 unspecified atom stereocenters. The fourth-order valence-electron chi connectivity index (χ4n) is 2.22. The average molecular weight is 309 g/mol. The van der Waals surface area contributed by atoms with E-state index in [-0.39, 0.29) is 5.91 Å². The van der Waals surface area contributed by atoms with Crippen LogP contribution in [0.1, 0.15) is 31.2 Å². The minimum atomic E-state index is -0.250. The van der Waals surface area contributed by atoms with E-state index in [4.69, 9.17) is 23.8 Å². The lowest BCUT2D eigenvalue weighted by molar-refractivity contribution is -0.115. The molecule has 1 saturated carbocycles. The highest BCUT2D eigenvalue weighted by molar-refractivity contribution is 7.80. The van der Waals surface area contributed by atoms with Crippen LogP contribution < -0.4 is 10.6 Å². The quantitative estimate of drug-likeness (QED) is 0.665. The summed E-state index contributed by atoms with van der Waals surface area (Å²) in [6, 6.07) is 7.75. The summed E-state index contributed by atoms with van der Waals surface area (Å²) in [6.45, 7) is 0. The van der Waals surface area contributed by atoms with Crippen LogP contribution in [0.4, 0.5) is 0 Å². The third-order valence-corrected chi connectivity index (χ3v) is 3.81. The smallest absolute Gasteiger partial charge is 0.250 e. The lowest BCUT2D eigenvalue weighted by Crippen LogP contribution is -2.42. The van der Waals surface area contributed by atoms with Crippen LogP contribution in [0, 0.1) is 0 Å². The van der Waals surface area contributed by atoms with Gasteiger partial charge in [0.05, 0.1) is 0 Å². The van der Waals surface area contributed by atoms with Gasteiger partial charge in [-0.05, 0) is 42.8 Å². The molecule has 1 aromatic rings.